The molecule has 0 aromatic heterocycles. The lowest BCUT2D eigenvalue weighted by atomic mass is 10.1. The largest absolute Gasteiger partial charge is 0.376 e. The van der Waals surface area contributed by atoms with Gasteiger partial charge in [0.1, 0.15) is 0 Å². The Hall–Kier alpha value is -2.99. The van der Waals surface area contributed by atoms with Gasteiger partial charge in [-0.25, -0.2) is 0 Å². The van der Waals surface area contributed by atoms with E-state index in [0.717, 1.165) is 21.5 Å². The molecule has 5 nitrogen and oxygen atoms in total. The van der Waals surface area contributed by atoms with Crippen LogP contribution in [0.2, 0.25) is 0 Å². The normalized spacial score (nSPS) is 10.5. The number of hydrogen-bond acceptors (Lipinski definition) is 4. The van der Waals surface area contributed by atoms with Crippen molar-refractivity contribution >= 4 is 40.0 Å². The van der Waals surface area contributed by atoms with E-state index >= 15 is 0 Å². The number of aryl methyl sites for hydroxylation is 2. The molecule has 144 valence electrons. The second kappa shape index (κ2) is 9.28. The Bertz CT molecular complexity index is 1000. The lowest BCUT2D eigenvalue weighted by Crippen LogP contribution is -2.44. The van der Waals surface area contributed by atoms with Crippen LogP contribution in [0.15, 0.2) is 65.6 Å². The maximum atomic E-state index is 12.0. The molecule has 3 aromatic rings. The van der Waals surface area contributed by atoms with Crippen molar-refractivity contribution in [2.24, 2.45) is 0 Å². The summed E-state index contributed by atoms with van der Waals surface area (Å²) >= 11 is 1.43. The minimum atomic E-state index is -0.302. The number of fused-ring (bicyclic) bond motifs is 1. The number of carbonyl (C=O) groups is 2. The minimum Gasteiger partial charge on any atom is -0.376 e. The number of benzene rings is 3. The third kappa shape index (κ3) is 5.50. The molecular formula is C22H23N3O2S. The number of carbonyl (C=O) groups excluding carboxylic acids is 2. The van der Waals surface area contributed by atoms with Gasteiger partial charge in [0.05, 0.1) is 12.3 Å². The van der Waals surface area contributed by atoms with Crippen molar-refractivity contribution in [3.63, 3.8) is 0 Å². The van der Waals surface area contributed by atoms with E-state index in [1.54, 1.807) is 0 Å². The molecule has 0 heterocycles. The molecule has 0 saturated heterocycles. The molecule has 0 spiro atoms. The van der Waals surface area contributed by atoms with E-state index in [1.165, 1.54) is 22.7 Å². The predicted octanol–water partition coefficient (Wildman–Crippen LogP) is 3.81. The summed E-state index contributed by atoms with van der Waals surface area (Å²) in [5, 5.41) is 5.37. The van der Waals surface area contributed by atoms with Gasteiger partial charge in [0, 0.05) is 10.6 Å². The SMILES string of the molecule is Cc1ccc(NCC(=O)NNC(=O)CSc2ccc3ccccc3c2)c(C)c1. The quantitative estimate of drug-likeness (QED) is 0.440. The molecule has 3 rings (SSSR count). The molecule has 0 aliphatic heterocycles. The number of rotatable bonds is 6. The van der Waals surface area contributed by atoms with Crippen molar-refractivity contribution in [1.29, 1.82) is 0 Å². The molecule has 0 bridgehead atoms. The van der Waals surface area contributed by atoms with Crippen LogP contribution in [0, 0.1) is 13.8 Å². The van der Waals surface area contributed by atoms with Crippen molar-refractivity contribution < 1.29 is 9.59 Å². The highest BCUT2D eigenvalue weighted by molar-refractivity contribution is 8.00. The first-order chi connectivity index (χ1) is 13.5. The number of anilines is 1. The molecule has 3 aromatic carbocycles. The van der Waals surface area contributed by atoms with E-state index in [4.69, 9.17) is 0 Å². The van der Waals surface area contributed by atoms with Crippen LogP contribution in [0.25, 0.3) is 10.8 Å². The van der Waals surface area contributed by atoms with Gasteiger partial charge in [0.25, 0.3) is 5.91 Å². The van der Waals surface area contributed by atoms with Crippen molar-refractivity contribution in [3.8, 4) is 0 Å². The summed E-state index contributed by atoms with van der Waals surface area (Å²) in [4.78, 5) is 24.9. The van der Waals surface area contributed by atoms with E-state index in [1.807, 2.05) is 62.4 Å². The van der Waals surface area contributed by atoms with Gasteiger partial charge in [0.15, 0.2) is 0 Å². The Kier molecular flexibility index (Phi) is 6.55. The van der Waals surface area contributed by atoms with Gasteiger partial charge in [-0.1, -0.05) is 48.0 Å². The second-order valence-corrected chi connectivity index (χ2v) is 7.61. The zero-order chi connectivity index (χ0) is 19.9. The Morgan fingerprint density at radius 3 is 2.39 bits per heavy atom. The highest BCUT2D eigenvalue weighted by Crippen LogP contribution is 2.23. The molecular weight excluding hydrogens is 370 g/mol. The third-order valence-electron chi connectivity index (χ3n) is 4.25. The van der Waals surface area contributed by atoms with Gasteiger partial charge in [-0.2, -0.15) is 0 Å². The molecule has 2 amide bonds. The maximum absolute atomic E-state index is 12.0. The molecule has 6 heteroatoms. The van der Waals surface area contributed by atoms with Gasteiger partial charge in [0.2, 0.25) is 5.91 Å². The number of thioether (sulfide) groups is 1. The van der Waals surface area contributed by atoms with E-state index in [2.05, 4.69) is 28.3 Å². The first kappa shape index (κ1) is 19.8. The van der Waals surface area contributed by atoms with Gasteiger partial charge in [-0.05, 0) is 48.4 Å². The molecule has 0 aliphatic rings. The van der Waals surface area contributed by atoms with Crippen LogP contribution in [-0.2, 0) is 9.59 Å². The lowest BCUT2D eigenvalue weighted by Gasteiger charge is -2.11. The molecule has 0 fully saturated rings. The summed E-state index contributed by atoms with van der Waals surface area (Å²) in [5.41, 5.74) is 8.03. The van der Waals surface area contributed by atoms with E-state index in [0.29, 0.717) is 0 Å². The standard InChI is InChI=1S/C22H23N3O2S/c1-15-7-10-20(16(2)11-15)23-13-21(26)24-25-22(27)14-28-19-9-8-17-5-3-4-6-18(17)12-19/h3-12,23H,13-14H2,1-2H3,(H,24,26)(H,25,27). The first-order valence-electron chi connectivity index (χ1n) is 9.02. The van der Waals surface area contributed by atoms with Crippen LogP contribution < -0.4 is 16.2 Å². The summed E-state index contributed by atoms with van der Waals surface area (Å²) in [6.07, 6.45) is 0. The van der Waals surface area contributed by atoms with Crippen LogP contribution in [-0.4, -0.2) is 24.1 Å². The zero-order valence-electron chi connectivity index (χ0n) is 15.9. The van der Waals surface area contributed by atoms with Gasteiger partial charge < -0.3 is 5.32 Å². The topological polar surface area (TPSA) is 70.2 Å². The molecule has 3 N–H and O–H groups in total. The van der Waals surface area contributed by atoms with E-state index in [-0.39, 0.29) is 24.1 Å². The second-order valence-electron chi connectivity index (χ2n) is 6.57. The summed E-state index contributed by atoms with van der Waals surface area (Å²) in [6, 6.07) is 20.1. The Labute approximate surface area is 168 Å². The highest BCUT2D eigenvalue weighted by Gasteiger charge is 2.07. The molecule has 0 unspecified atom stereocenters. The van der Waals surface area contributed by atoms with Crippen molar-refractivity contribution in [2.75, 3.05) is 17.6 Å². The Balaban J connectivity index is 1.41. The van der Waals surface area contributed by atoms with E-state index in [9.17, 15) is 9.59 Å². The summed E-state index contributed by atoms with van der Waals surface area (Å²) in [7, 11) is 0. The molecule has 0 aliphatic carbocycles. The molecule has 0 atom stereocenters. The smallest absolute Gasteiger partial charge is 0.257 e. The number of nitrogens with one attached hydrogen (secondary N) is 3. The van der Waals surface area contributed by atoms with Crippen LogP contribution in [0.5, 0.6) is 0 Å². The third-order valence-corrected chi connectivity index (χ3v) is 5.25. The van der Waals surface area contributed by atoms with Gasteiger partial charge in [-0.3, -0.25) is 20.4 Å². The van der Waals surface area contributed by atoms with Crippen LogP contribution in [0.4, 0.5) is 5.69 Å². The predicted molar refractivity (Wildman–Crippen MR) is 115 cm³/mol. The Morgan fingerprint density at radius 1 is 0.857 bits per heavy atom. The minimum absolute atomic E-state index is 0.0853. The van der Waals surface area contributed by atoms with Crippen molar-refractivity contribution in [3.05, 3.63) is 71.8 Å². The fourth-order valence-electron chi connectivity index (χ4n) is 2.81. The van der Waals surface area contributed by atoms with Crippen molar-refractivity contribution in [1.82, 2.24) is 10.9 Å². The summed E-state index contributed by atoms with van der Waals surface area (Å²) in [6.45, 7) is 4.09. The van der Waals surface area contributed by atoms with Gasteiger partial charge >= 0.3 is 0 Å². The zero-order valence-corrected chi connectivity index (χ0v) is 16.7. The van der Waals surface area contributed by atoms with Crippen LogP contribution in [0.1, 0.15) is 11.1 Å². The molecule has 0 saturated carbocycles. The maximum Gasteiger partial charge on any atom is 0.257 e. The fraction of sp³-hybridized carbons (Fsp3) is 0.182. The van der Waals surface area contributed by atoms with Crippen molar-refractivity contribution in [2.45, 2.75) is 18.7 Å². The van der Waals surface area contributed by atoms with Crippen LogP contribution >= 0.6 is 11.8 Å². The lowest BCUT2D eigenvalue weighted by molar-refractivity contribution is -0.126. The highest BCUT2D eigenvalue weighted by atomic mass is 32.2. The van der Waals surface area contributed by atoms with Gasteiger partial charge in [-0.15, -0.1) is 11.8 Å². The summed E-state index contributed by atoms with van der Waals surface area (Å²) < 4.78 is 0. The Morgan fingerprint density at radius 2 is 1.61 bits per heavy atom. The molecule has 28 heavy (non-hydrogen) atoms. The fourth-order valence-corrected chi connectivity index (χ4v) is 3.56. The molecule has 0 radical (unpaired) electrons. The summed E-state index contributed by atoms with van der Waals surface area (Å²) in [5.74, 6) is -0.328. The number of hydrazine groups is 1. The first-order valence-corrected chi connectivity index (χ1v) is 10.0. The average Bonchev–Trinajstić information content (AvgIpc) is 2.70. The number of amides is 2. The van der Waals surface area contributed by atoms with E-state index < -0.39 is 0 Å². The number of hydrogen-bond donors (Lipinski definition) is 3. The monoisotopic (exact) mass is 393 g/mol. The average molecular weight is 394 g/mol. The van der Waals surface area contributed by atoms with Crippen LogP contribution in [0.3, 0.4) is 0 Å².